The minimum atomic E-state index is -1.34. The van der Waals surface area contributed by atoms with E-state index >= 15 is 0 Å². The van der Waals surface area contributed by atoms with Gasteiger partial charge in [0.15, 0.2) is 0 Å². The SMILES string of the molecule is Cc1nc(=O)[nH]c(C)c1CC(=O)NCC(C)(O)CO. The molecule has 0 radical (unpaired) electrons. The zero-order valence-corrected chi connectivity index (χ0v) is 11.3. The molecule has 0 aliphatic rings. The summed E-state index contributed by atoms with van der Waals surface area (Å²) in [6, 6.07) is 0. The van der Waals surface area contributed by atoms with Gasteiger partial charge in [-0.15, -0.1) is 0 Å². The molecule has 7 nitrogen and oxygen atoms in total. The van der Waals surface area contributed by atoms with Gasteiger partial charge in [0, 0.05) is 23.5 Å². The van der Waals surface area contributed by atoms with Crippen molar-refractivity contribution in [2.45, 2.75) is 32.8 Å². The van der Waals surface area contributed by atoms with Crippen LogP contribution in [-0.4, -0.2) is 44.8 Å². The molecule has 1 heterocycles. The number of hydrogen-bond acceptors (Lipinski definition) is 5. The van der Waals surface area contributed by atoms with Crippen molar-refractivity contribution < 1.29 is 15.0 Å². The van der Waals surface area contributed by atoms with Crippen molar-refractivity contribution in [2.24, 2.45) is 0 Å². The highest BCUT2D eigenvalue weighted by Gasteiger charge is 2.20. The molecule has 1 aromatic rings. The first kappa shape index (κ1) is 15.3. The van der Waals surface area contributed by atoms with Crippen LogP contribution in [0.1, 0.15) is 23.9 Å². The quantitative estimate of drug-likeness (QED) is 0.535. The first-order valence-corrected chi connectivity index (χ1v) is 5.91. The lowest BCUT2D eigenvalue weighted by atomic mass is 10.1. The number of rotatable bonds is 5. The van der Waals surface area contributed by atoms with Gasteiger partial charge in [-0.2, -0.15) is 4.98 Å². The Balaban J connectivity index is 2.71. The van der Waals surface area contributed by atoms with Crippen molar-refractivity contribution in [1.82, 2.24) is 15.3 Å². The molecule has 1 amide bonds. The van der Waals surface area contributed by atoms with Gasteiger partial charge in [-0.3, -0.25) is 4.79 Å². The molecule has 1 rings (SSSR count). The van der Waals surface area contributed by atoms with E-state index in [0.717, 1.165) is 0 Å². The first-order valence-electron chi connectivity index (χ1n) is 5.91. The van der Waals surface area contributed by atoms with Crippen LogP contribution in [0.3, 0.4) is 0 Å². The van der Waals surface area contributed by atoms with Crippen LogP contribution in [-0.2, 0) is 11.2 Å². The van der Waals surface area contributed by atoms with Gasteiger partial charge in [-0.1, -0.05) is 0 Å². The van der Waals surface area contributed by atoms with E-state index in [2.05, 4.69) is 15.3 Å². The average molecular weight is 269 g/mol. The zero-order valence-electron chi connectivity index (χ0n) is 11.3. The van der Waals surface area contributed by atoms with Crippen LogP contribution in [0.15, 0.2) is 4.79 Å². The molecule has 0 fully saturated rings. The third-order valence-corrected chi connectivity index (χ3v) is 2.80. The first-order chi connectivity index (χ1) is 8.75. The molecule has 0 bridgehead atoms. The van der Waals surface area contributed by atoms with Crippen molar-refractivity contribution in [3.8, 4) is 0 Å². The third kappa shape index (κ3) is 4.46. The summed E-state index contributed by atoms with van der Waals surface area (Å²) in [5.41, 5.74) is -0.0294. The van der Waals surface area contributed by atoms with Crippen LogP contribution in [0, 0.1) is 13.8 Å². The van der Waals surface area contributed by atoms with Gasteiger partial charge in [-0.05, 0) is 20.8 Å². The van der Waals surface area contributed by atoms with Crippen LogP contribution in [0.2, 0.25) is 0 Å². The lowest BCUT2D eigenvalue weighted by Crippen LogP contribution is -2.43. The highest BCUT2D eigenvalue weighted by atomic mass is 16.3. The molecular formula is C12H19N3O4. The molecule has 1 aromatic heterocycles. The summed E-state index contributed by atoms with van der Waals surface area (Å²) < 4.78 is 0. The zero-order chi connectivity index (χ0) is 14.6. The highest BCUT2D eigenvalue weighted by molar-refractivity contribution is 5.79. The molecule has 0 aliphatic heterocycles. The van der Waals surface area contributed by atoms with E-state index in [1.807, 2.05) is 0 Å². The minimum Gasteiger partial charge on any atom is -0.393 e. The molecule has 1 unspecified atom stereocenters. The lowest BCUT2D eigenvalue weighted by molar-refractivity contribution is -0.122. The number of nitrogens with one attached hydrogen (secondary N) is 2. The number of hydrogen-bond donors (Lipinski definition) is 4. The minimum absolute atomic E-state index is 0.0444. The molecule has 0 aromatic carbocycles. The van der Waals surface area contributed by atoms with E-state index < -0.39 is 17.9 Å². The second-order valence-electron chi connectivity index (χ2n) is 4.84. The highest BCUT2D eigenvalue weighted by Crippen LogP contribution is 2.07. The Hall–Kier alpha value is -1.73. The fraction of sp³-hybridized carbons (Fsp3) is 0.583. The topological polar surface area (TPSA) is 115 Å². The monoisotopic (exact) mass is 269 g/mol. The molecule has 19 heavy (non-hydrogen) atoms. The summed E-state index contributed by atoms with van der Waals surface area (Å²) in [5.74, 6) is -0.311. The molecule has 106 valence electrons. The molecular weight excluding hydrogens is 250 g/mol. The second-order valence-corrected chi connectivity index (χ2v) is 4.84. The number of carbonyl (C=O) groups is 1. The lowest BCUT2D eigenvalue weighted by Gasteiger charge is -2.20. The third-order valence-electron chi connectivity index (χ3n) is 2.80. The van der Waals surface area contributed by atoms with Crippen molar-refractivity contribution in [1.29, 1.82) is 0 Å². The van der Waals surface area contributed by atoms with Crippen LogP contribution in [0.25, 0.3) is 0 Å². The largest absolute Gasteiger partial charge is 0.393 e. The molecule has 4 N–H and O–H groups in total. The average Bonchev–Trinajstić information content (AvgIpc) is 2.31. The van der Waals surface area contributed by atoms with E-state index in [0.29, 0.717) is 17.0 Å². The van der Waals surface area contributed by atoms with Crippen LogP contribution in [0.4, 0.5) is 0 Å². The summed E-state index contributed by atoms with van der Waals surface area (Å²) in [4.78, 5) is 29.1. The predicted octanol–water partition coefficient (Wildman–Crippen LogP) is -1.21. The van der Waals surface area contributed by atoms with Gasteiger partial charge in [0.1, 0.15) is 5.60 Å². The molecule has 0 saturated carbocycles. The number of aromatic nitrogens is 2. The van der Waals surface area contributed by atoms with Crippen LogP contribution >= 0.6 is 0 Å². The summed E-state index contributed by atoms with van der Waals surface area (Å²) in [7, 11) is 0. The molecule has 0 aliphatic carbocycles. The van der Waals surface area contributed by atoms with Crippen LogP contribution in [0.5, 0.6) is 0 Å². The van der Waals surface area contributed by atoms with Crippen molar-refractivity contribution in [3.05, 3.63) is 27.4 Å². The number of carbonyl (C=O) groups excluding carboxylic acids is 1. The van der Waals surface area contributed by atoms with Gasteiger partial charge in [0.25, 0.3) is 0 Å². The number of H-pyrrole nitrogens is 1. The van der Waals surface area contributed by atoms with Gasteiger partial charge in [-0.25, -0.2) is 4.79 Å². The number of aromatic amines is 1. The molecule has 0 saturated heterocycles. The summed E-state index contributed by atoms with van der Waals surface area (Å²) in [6.07, 6.45) is 0.0585. The van der Waals surface area contributed by atoms with Gasteiger partial charge >= 0.3 is 5.69 Å². The van der Waals surface area contributed by atoms with Crippen molar-refractivity contribution >= 4 is 5.91 Å². The van der Waals surface area contributed by atoms with Gasteiger partial charge in [0.2, 0.25) is 5.91 Å². The van der Waals surface area contributed by atoms with Crippen molar-refractivity contribution in [3.63, 3.8) is 0 Å². The fourth-order valence-electron chi connectivity index (χ4n) is 1.58. The number of aliphatic hydroxyl groups is 2. The van der Waals surface area contributed by atoms with Crippen molar-refractivity contribution in [2.75, 3.05) is 13.2 Å². The number of nitrogens with zero attached hydrogens (tertiary/aromatic N) is 1. The Morgan fingerprint density at radius 3 is 2.63 bits per heavy atom. The second kappa shape index (κ2) is 5.94. The Morgan fingerprint density at radius 1 is 1.47 bits per heavy atom. The Morgan fingerprint density at radius 2 is 2.11 bits per heavy atom. The summed E-state index contributed by atoms with van der Waals surface area (Å²) in [5, 5.41) is 20.9. The Labute approximate surface area is 110 Å². The van der Waals surface area contributed by atoms with E-state index in [-0.39, 0.29) is 18.9 Å². The number of amides is 1. The maximum absolute atomic E-state index is 11.7. The fourth-order valence-corrected chi connectivity index (χ4v) is 1.58. The Kier molecular flexibility index (Phi) is 4.79. The number of aryl methyl sites for hydroxylation is 2. The predicted molar refractivity (Wildman–Crippen MR) is 68.8 cm³/mol. The van der Waals surface area contributed by atoms with Crippen LogP contribution < -0.4 is 11.0 Å². The van der Waals surface area contributed by atoms with Gasteiger partial charge < -0.3 is 20.5 Å². The Bertz CT molecular complexity index is 496. The normalized spacial score (nSPS) is 13.9. The molecule has 0 spiro atoms. The standard InChI is InChI=1S/C12H19N3O4/c1-7-9(8(2)15-11(18)14-7)4-10(17)13-5-12(3,19)6-16/h16,19H,4-6H2,1-3H3,(H,13,17)(H,14,15,18). The van der Waals surface area contributed by atoms with Gasteiger partial charge in [0.05, 0.1) is 13.0 Å². The van der Waals surface area contributed by atoms with E-state index in [9.17, 15) is 14.7 Å². The smallest absolute Gasteiger partial charge is 0.345 e. The molecule has 1 atom stereocenters. The van der Waals surface area contributed by atoms with E-state index in [1.165, 1.54) is 6.92 Å². The number of aliphatic hydroxyl groups excluding tert-OH is 1. The summed E-state index contributed by atoms with van der Waals surface area (Å²) in [6.45, 7) is 4.30. The molecule has 7 heteroatoms. The van der Waals surface area contributed by atoms with E-state index in [4.69, 9.17) is 5.11 Å². The summed E-state index contributed by atoms with van der Waals surface area (Å²) >= 11 is 0. The van der Waals surface area contributed by atoms with E-state index in [1.54, 1.807) is 13.8 Å². The maximum atomic E-state index is 11.7. The maximum Gasteiger partial charge on any atom is 0.345 e.